The average molecular weight is 253 g/mol. The van der Waals surface area contributed by atoms with Gasteiger partial charge in [0.15, 0.2) is 0 Å². The molecule has 0 saturated carbocycles. The SMILES string of the molecule is COC(=O)NCCn1c(=O)[nH]c2cc(F)ccc21. The van der Waals surface area contributed by atoms with E-state index in [0.29, 0.717) is 11.0 Å². The Morgan fingerprint density at radius 2 is 2.33 bits per heavy atom. The number of alkyl carbamates (subject to hydrolysis) is 1. The van der Waals surface area contributed by atoms with Crippen molar-refractivity contribution in [2.75, 3.05) is 13.7 Å². The number of amides is 1. The maximum Gasteiger partial charge on any atom is 0.406 e. The Bertz CT molecular complexity index is 632. The van der Waals surface area contributed by atoms with Crippen LogP contribution in [0, 0.1) is 5.82 Å². The summed E-state index contributed by atoms with van der Waals surface area (Å²) in [7, 11) is 1.26. The van der Waals surface area contributed by atoms with Crippen LogP contribution >= 0.6 is 0 Å². The van der Waals surface area contributed by atoms with Gasteiger partial charge in [0.2, 0.25) is 0 Å². The zero-order valence-electron chi connectivity index (χ0n) is 9.70. The number of halogens is 1. The van der Waals surface area contributed by atoms with E-state index in [0.717, 1.165) is 0 Å². The Hall–Kier alpha value is -2.31. The molecule has 2 rings (SSSR count). The van der Waals surface area contributed by atoms with Crippen LogP contribution < -0.4 is 11.0 Å². The molecule has 96 valence electrons. The van der Waals surface area contributed by atoms with Gasteiger partial charge in [-0.15, -0.1) is 0 Å². The molecule has 6 nitrogen and oxygen atoms in total. The van der Waals surface area contributed by atoms with Crippen molar-refractivity contribution in [2.24, 2.45) is 0 Å². The molecule has 2 N–H and O–H groups in total. The highest BCUT2D eigenvalue weighted by atomic mass is 19.1. The largest absolute Gasteiger partial charge is 0.453 e. The first-order valence-corrected chi connectivity index (χ1v) is 5.31. The van der Waals surface area contributed by atoms with Crippen LogP contribution in [-0.4, -0.2) is 29.3 Å². The summed E-state index contributed by atoms with van der Waals surface area (Å²) in [5.41, 5.74) is 0.674. The minimum Gasteiger partial charge on any atom is -0.453 e. The first kappa shape index (κ1) is 12.2. The van der Waals surface area contributed by atoms with Gasteiger partial charge in [-0.3, -0.25) is 4.57 Å². The molecule has 0 atom stereocenters. The average Bonchev–Trinajstić information content (AvgIpc) is 2.64. The summed E-state index contributed by atoms with van der Waals surface area (Å²) >= 11 is 0. The topological polar surface area (TPSA) is 76.1 Å². The highest BCUT2D eigenvalue weighted by molar-refractivity contribution is 5.75. The molecule has 0 unspecified atom stereocenters. The van der Waals surface area contributed by atoms with Gasteiger partial charge in [-0.2, -0.15) is 0 Å². The molecule has 2 aromatic rings. The van der Waals surface area contributed by atoms with Gasteiger partial charge in [0.1, 0.15) is 5.82 Å². The number of nitrogens with one attached hydrogen (secondary N) is 2. The molecule has 0 aliphatic rings. The third kappa shape index (κ3) is 2.34. The Labute approximate surface area is 101 Å². The number of rotatable bonds is 3. The Morgan fingerprint density at radius 1 is 1.56 bits per heavy atom. The number of aromatic amines is 1. The fraction of sp³-hybridized carbons (Fsp3) is 0.273. The van der Waals surface area contributed by atoms with E-state index in [9.17, 15) is 14.0 Å². The second-order valence-corrected chi connectivity index (χ2v) is 3.66. The lowest BCUT2D eigenvalue weighted by atomic mass is 10.3. The van der Waals surface area contributed by atoms with Crippen LogP contribution in [0.3, 0.4) is 0 Å². The number of fused-ring (bicyclic) bond motifs is 1. The summed E-state index contributed by atoms with van der Waals surface area (Å²) in [6, 6.07) is 4.04. The van der Waals surface area contributed by atoms with Crippen molar-refractivity contribution in [3.8, 4) is 0 Å². The van der Waals surface area contributed by atoms with Gasteiger partial charge in [-0.05, 0) is 18.2 Å². The lowest BCUT2D eigenvalue weighted by Crippen LogP contribution is -2.29. The van der Waals surface area contributed by atoms with Gasteiger partial charge in [0, 0.05) is 13.1 Å². The molecular weight excluding hydrogens is 241 g/mol. The predicted octanol–water partition coefficient (Wildman–Crippen LogP) is 0.825. The third-order valence-corrected chi connectivity index (χ3v) is 2.53. The van der Waals surface area contributed by atoms with Crippen molar-refractivity contribution in [3.05, 3.63) is 34.5 Å². The van der Waals surface area contributed by atoms with E-state index in [1.54, 1.807) is 0 Å². The number of carbonyl (C=O) groups is 1. The molecular formula is C11H12FN3O3. The molecule has 0 saturated heterocycles. The number of H-pyrrole nitrogens is 1. The number of imidazole rings is 1. The van der Waals surface area contributed by atoms with Gasteiger partial charge in [-0.25, -0.2) is 14.0 Å². The summed E-state index contributed by atoms with van der Waals surface area (Å²) in [6.07, 6.45) is -0.561. The van der Waals surface area contributed by atoms with Crippen LogP contribution in [0.25, 0.3) is 11.0 Å². The van der Waals surface area contributed by atoms with Gasteiger partial charge >= 0.3 is 11.8 Å². The number of ether oxygens (including phenoxy) is 1. The summed E-state index contributed by atoms with van der Waals surface area (Å²) in [4.78, 5) is 25.0. The fourth-order valence-electron chi connectivity index (χ4n) is 1.70. The van der Waals surface area contributed by atoms with Gasteiger partial charge in [0.05, 0.1) is 18.1 Å². The number of nitrogens with zero attached hydrogens (tertiary/aromatic N) is 1. The van der Waals surface area contributed by atoms with Crippen LogP contribution in [0.15, 0.2) is 23.0 Å². The molecule has 0 aliphatic heterocycles. The molecule has 1 aromatic heterocycles. The van der Waals surface area contributed by atoms with E-state index >= 15 is 0 Å². The third-order valence-electron chi connectivity index (χ3n) is 2.53. The normalized spacial score (nSPS) is 10.6. The summed E-state index contributed by atoms with van der Waals surface area (Å²) in [6.45, 7) is 0.524. The predicted molar refractivity (Wildman–Crippen MR) is 62.9 cm³/mol. The first-order chi connectivity index (χ1) is 8.61. The Morgan fingerprint density at radius 3 is 3.06 bits per heavy atom. The van der Waals surface area contributed by atoms with E-state index in [-0.39, 0.29) is 18.8 Å². The van der Waals surface area contributed by atoms with Gasteiger partial charge in [-0.1, -0.05) is 0 Å². The molecule has 1 amide bonds. The zero-order valence-corrected chi connectivity index (χ0v) is 9.70. The molecule has 0 bridgehead atoms. The van der Waals surface area contributed by atoms with Crippen molar-refractivity contribution < 1.29 is 13.9 Å². The molecule has 0 spiro atoms. The second-order valence-electron chi connectivity index (χ2n) is 3.66. The highest BCUT2D eigenvalue weighted by Crippen LogP contribution is 2.11. The van der Waals surface area contributed by atoms with E-state index < -0.39 is 11.9 Å². The number of aromatic nitrogens is 2. The first-order valence-electron chi connectivity index (χ1n) is 5.31. The molecule has 1 heterocycles. The summed E-state index contributed by atoms with van der Waals surface area (Å²) < 4.78 is 18.8. The van der Waals surface area contributed by atoms with Crippen molar-refractivity contribution in [3.63, 3.8) is 0 Å². The minimum atomic E-state index is -0.561. The van der Waals surface area contributed by atoms with Crippen LogP contribution in [0.4, 0.5) is 9.18 Å². The van der Waals surface area contributed by atoms with E-state index in [4.69, 9.17) is 0 Å². The van der Waals surface area contributed by atoms with Crippen molar-refractivity contribution in [2.45, 2.75) is 6.54 Å². The van der Waals surface area contributed by atoms with Crippen molar-refractivity contribution in [1.29, 1.82) is 0 Å². The Balaban J connectivity index is 2.20. The van der Waals surface area contributed by atoms with Crippen LogP contribution in [0.5, 0.6) is 0 Å². The monoisotopic (exact) mass is 253 g/mol. The number of carbonyl (C=O) groups excluding carboxylic acids is 1. The van der Waals surface area contributed by atoms with E-state index in [1.807, 2.05) is 0 Å². The fourth-order valence-corrected chi connectivity index (χ4v) is 1.70. The smallest absolute Gasteiger partial charge is 0.406 e. The molecule has 0 radical (unpaired) electrons. The van der Waals surface area contributed by atoms with Gasteiger partial charge in [0.25, 0.3) is 0 Å². The van der Waals surface area contributed by atoms with Crippen LogP contribution in [0.2, 0.25) is 0 Å². The molecule has 18 heavy (non-hydrogen) atoms. The van der Waals surface area contributed by atoms with Crippen LogP contribution in [0.1, 0.15) is 0 Å². The second kappa shape index (κ2) is 4.91. The number of hydrogen-bond donors (Lipinski definition) is 2. The lowest BCUT2D eigenvalue weighted by molar-refractivity contribution is 0.170. The molecule has 1 aromatic carbocycles. The summed E-state index contributed by atoms with van der Waals surface area (Å²) in [5, 5.41) is 2.47. The minimum absolute atomic E-state index is 0.247. The van der Waals surface area contributed by atoms with Crippen molar-refractivity contribution >= 4 is 17.1 Å². The number of hydrogen-bond acceptors (Lipinski definition) is 3. The maximum atomic E-state index is 13.0. The zero-order chi connectivity index (χ0) is 13.1. The molecule has 7 heteroatoms. The number of benzene rings is 1. The Kier molecular flexibility index (Phi) is 3.31. The molecule has 0 fully saturated rings. The van der Waals surface area contributed by atoms with Crippen molar-refractivity contribution in [1.82, 2.24) is 14.9 Å². The van der Waals surface area contributed by atoms with E-state index in [1.165, 1.54) is 29.9 Å². The van der Waals surface area contributed by atoms with E-state index in [2.05, 4.69) is 15.0 Å². The molecule has 0 aliphatic carbocycles. The highest BCUT2D eigenvalue weighted by Gasteiger charge is 2.07. The lowest BCUT2D eigenvalue weighted by Gasteiger charge is -2.04. The van der Waals surface area contributed by atoms with Gasteiger partial charge < -0.3 is 15.0 Å². The maximum absolute atomic E-state index is 13.0. The standard InChI is InChI=1S/C11H12FN3O3/c1-18-11(17)13-4-5-15-9-3-2-7(12)6-8(9)14-10(15)16/h2-3,6H,4-5H2,1H3,(H,13,17)(H,14,16). The quantitative estimate of drug-likeness (QED) is 0.850. The summed E-state index contributed by atoms with van der Waals surface area (Å²) in [5.74, 6) is -0.413. The number of methoxy groups -OCH3 is 1. The van der Waals surface area contributed by atoms with Crippen LogP contribution in [-0.2, 0) is 11.3 Å².